The van der Waals surface area contributed by atoms with E-state index < -0.39 is 27.5 Å². The van der Waals surface area contributed by atoms with Crippen molar-refractivity contribution in [1.82, 2.24) is 14.2 Å². The highest BCUT2D eigenvalue weighted by Gasteiger charge is 2.56. The number of halogens is 3. The molecule has 0 radical (unpaired) electrons. The average molecular weight is 433 g/mol. The number of likely N-dealkylation sites (tertiary alicyclic amines) is 1. The average Bonchev–Trinajstić information content (AvgIpc) is 2.52. The summed E-state index contributed by atoms with van der Waals surface area (Å²) >= 11 is 0. The van der Waals surface area contributed by atoms with E-state index in [1.54, 1.807) is 0 Å². The Morgan fingerprint density at radius 1 is 1.14 bits per heavy atom. The maximum atomic E-state index is 12.8. The van der Waals surface area contributed by atoms with Gasteiger partial charge in [-0.15, -0.1) is 0 Å². The molecule has 2 saturated heterocycles. The molecule has 3 fully saturated rings. The molecule has 0 atom stereocenters. The predicted molar refractivity (Wildman–Crippen MR) is 99.6 cm³/mol. The van der Waals surface area contributed by atoms with Gasteiger partial charge in [-0.3, -0.25) is 4.90 Å². The van der Waals surface area contributed by atoms with E-state index >= 15 is 0 Å². The molecule has 1 aliphatic carbocycles. The predicted octanol–water partition coefficient (Wildman–Crippen LogP) is 2.41. The first kappa shape index (κ1) is 21.0. The van der Waals surface area contributed by atoms with Crippen LogP contribution in [0.15, 0.2) is 17.0 Å². The minimum atomic E-state index is -4.60. The van der Waals surface area contributed by atoms with Crippen molar-refractivity contribution >= 4 is 10.0 Å². The molecule has 1 spiro atoms. The molecule has 1 saturated carbocycles. The summed E-state index contributed by atoms with van der Waals surface area (Å²) < 4.78 is 65.4. The van der Waals surface area contributed by atoms with Gasteiger partial charge in [0, 0.05) is 37.6 Å². The highest BCUT2D eigenvalue weighted by molar-refractivity contribution is 7.89. The maximum Gasteiger partial charge on any atom is 0.433 e. The van der Waals surface area contributed by atoms with E-state index in [-0.39, 0.29) is 16.0 Å². The molecule has 0 aromatic carbocycles. The molecule has 1 aromatic heterocycles. The van der Waals surface area contributed by atoms with Crippen LogP contribution < -0.4 is 0 Å². The molecular weight excluding hydrogens is 407 g/mol. The third-order valence-electron chi connectivity index (χ3n) is 6.59. The van der Waals surface area contributed by atoms with Gasteiger partial charge in [-0.25, -0.2) is 13.4 Å². The van der Waals surface area contributed by atoms with Crippen LogP contribution in [0.1, 0.15) is 44.0 Å². The van der Waals surface area contributed by atoms with Crippen molar-refractivity contribution in [3.63, 3.8) is 0 Å². The standard InChI is InChI=1S/C19H26F3N3O3S/c1-13-15(3-4-16(23-13)19(20,21)22)29(27,28)25-11-18(12-25)9-24(10-18)14-5-7-17(2,26)8-6-14/h3-4,14,26H,5-12H2,1-2H3/t14-,17+. The van der Waals surface area contributed by atoms with Crippen LogP contribution in [-0.2, 0) is 16.2 Å². The Morgan fingerprint density at radius 3 is 2.24 bits per heavy atom. The SMILES string of the molecule is Cc1nc(C(F)(F)F)ccc1S(=O)(=O)N1CC2(C1)CN([C@H]1CC[C@@](C)(O)CC1)C2. The molecule has 2 aliphatic heterocycles. The van der Waals surface area contributed by atoms with Gasteiger partial charge < -0.3 is 5.11 Å². The molecule has 3 aliphatic rings. The second kappa shape index (κ2) is 6.63. The number of nitrogens with zero attached hydrogens (tertiary/aromatic N) is 3. The Morgan fingerprint density at radius 2 is 1.72 bits per heavy atom. The zero-order chi connectivity index (χ0) is 21.2. The van der Waals surface area contributed by atoms with Crippen molar-refractivity contribution in [2.45, 2.75) is 62.2 Å². The third-order valence-corrected chi connectivity index (χ3v) is 8.52. The quantitative estimate of drug-likeness (QED) is 0.793. The number of alkyl halides is 3. The van der Waals surface area contributed by atoms with Gasteiger partial charge in [0.25, 0.3) is 0 Å². The molecule has 0 unspecified atom stereocenters. The van der Waals surface area contributed by atoms with Crippen LogP contribution in [-0.4, -0.2) is 65.5 Å². The Labute approximate surface area is 168 Å². The lowest BCUT2D eigenvalue weighted by Crippen LogP contribution is -2.74. The molecule has 10 heteroatoms. The fourth-order valence-corrected chi connectivity index (χ4v) is 6.68. The number of aromatic nitrogens is 1. The molecule has 6 nitrogen and oxygen atoms in total. The fourth-order valence-electron chi connectivity index (χ4n) is 4.85. The number of aliphatic hydroxyl groups is 1. The molecule has 3 heterocycles. The summed E-state index contributed by atoms with van der Waals surface area (Å²) in [5, 5.41) is 10.1. The lowest BCUT2D eigenvalue weighted by atomic mass is 9.72. The third kappa shape index (κ3) is 3.80. The first-order chi connectivity index (χ1) is 13.3. The minimum Gasteiger partial charge on any atom is -0.390 e. The van der Waals surface area contributed by atoms with Crippen LogP contribution in [0.25, 0.3) is 0 Å². The van der Waals surface area contributed by atoms with Gasteiger partial charge in [0.05, 0.1) is 11.3 Å². The topological polar surface area (TPSA) is 73.7 Å². The Hall–Kier alpha value is -1.23. The Balaban J connectivity index is 1.37. The largest absolute Gasteiger partial charge is 0.433 e. The molecule has 0 bridgehead atoms. The smallest absolute Gasteiger partial charge is 0.390 e. The first-order valence-corrected chi connectivity index (χ1v) is 11.3. The van der Waals surface area contributed by atoms with Gasteiger partial charge in [-0.1, -0.05) is 0 Å². The lowest BCUT2D eigenvalue weighted by Gasteiger charge is -2.62. The second-order valence-corrected chi connectivity index (χ2v) is 11.1. The van der Waals surface area contributed by atoms with Crippen LogP contribution in [0.2, 0.25) is 0 Å². The van der Waals surface area contributed by atoms with E-state index in [9.17, 15) is 26.7 Å². The summed E-state index contributed by atoms with van der Waals surface area (Å²) in [6, 6.07) is 2.17. The van der Waals surface area contributed by atoms with E-state index in [0.717, 1.165) is 50.9 Å². The Bertz CT molecular complexity index is 893. The van der Waals surface area contributed by atoms with Crippen LogP contribution in [0, 0.1) is 12.3 Å². The van der Waals surface area contributed by atoms with Gasteiger partial charge >= 0.3 is 6.18 Å². The van der Waals surface area contributed by atoms with Crippen LogP contribution in [0.4, 0.5) is 13.2 Å². The number of rotatable bonds is 3. The molecule has 1 aromatic rings. The van der Waals surface area contributed by atoms with Gasteiger partial charge in [-0.05, 0) is 51.7 Å². The molecular formula is C19H26F3N3O3S. The highest BCUT2D eigenvalue weighted by Crippen LogP contribution is 2.45. The van der Waals surface area contributed by atoms with E-state index in [0.29, 0.717) is 19.1 Å². The van der Waals surface area contributed by atoms with E-state index in [1.165, 1.54) is 11.2 Å². The van der Waals surface area contributed by atoms with E-state index in [4.69, 9.17) is 0 Å². The van der Waals surface area contributed by atoms with Crippen LogP contribution >= 0.6 is 0 Å². The maximum absolute atomic E-state index is 12.8. The number of sulfonamides is 1. The number of pyridine rings is 1. The van der Waals surface area contributed by atoms with Crippen molar-refractivity contribution in [3.8, 4) is 0 Å². The highest BCUT2D eigenvalue weighted by atomic mass is 32.2. The van der Waals surface area contributed by atoms with Crippen molar-refractivity contribution in [2.75, 3.05) is 26.2 Å². The molecule has 162 valence electrons. The second-order valence-electron chi connectivity index (χ2n) is 9.18. The molecule has 1 N–H and O–H groups in total. The first-order valence-electron chi connectivity index (χ1n) is 9.83. The minimum absolute atomic E-state index is 0.0553. The van der Waals surface area contributed by atoms with Crippen molar-refractivity contribution < 1.29 is 26.7 Å². The van der Waals surface area contributed by atoms with E-state index in [2.05, 4.69) is 9.88 Å². The fraction of sp³-hybridized carbons (Fsp3) is 0.737. The van der Waals surface area contributed by atoms with E-state index in [1.807, 2.05) is 6.92 Å². The number of hydrogen-bond acceptors (Lipinski definition) is 5. The summed E-state index contributed by atoms with van der Waals surface area (Å²) in [5.74, 6) is 0. The monoisotopic (exact) mass is 433 g/mol. The van der Waals surface area contributed by atoms with Gasteiger partial charge in [-0.2, -0.15) is 17.5 Å². The van der Waals surface area contributed by atoms with Gasteiger partial charge in [0.2, 0.25) is 10.0 Å². The molecule has 29 heavy (non-hydrogen) atoms. The molecule has 0 amide bonds. The normalized spacial score (nSPS) is 30.8. The van der Waals surface area contributed by atoms with Crippen molar-refractivity contribution in [2.24, 2.45) is 5.41 Å². The number of hydrogen-bond donors (Lipinski definition) is 1. The zero-order valence-electron chi connectivity index (χ0n) is 16.5. The summed E-state index contributed by atoms with van der Waals surface area (Å²) in [6.45, 7) is 5.59. The van der Waals surface area contributed by atoms with Crippen LogP contribution in [0.3, 0.4) is 0 Å². The summed E-state index contributed by atoms with van der Waals surface area (Å²) in [4.78, 5) is 5.65. The summed E-state index contributed by atoms with van der Waals surface area (Å²) in [5.41, 5.74) is -1.85. The van der Waals surface area contributed by atoms with Crippen molar-refractivity contribution in [1.29, 1.82) is 0 Å². The van der Waals surface area contributed by atoms with Crippen LogP contribution in [0.5, 0.6) is 0 Å². The molecule has 4 rings (SSSR count). The lowest BCUT2D eigenvalue weighted by molar-refractivity contribution is -0.141. The summed E-state index contributed by atoms with van der Waals surface area (Å²) in [6.07, 6.45) is -1.15. The number of aryl methyl sites for hydroxylation is 1. The summed E-state index contributed by atoms with van der Waals surface area (Å²) in [7, 11) is -3.85. The van der Waals surface area contributed by atoms with Gasteiger partial charge in [0.15, 0.2) is 0 Å². The van der Waals surface area contributed by atoms with Crippen molar-refractivity contribution in [3.05, 3.63) is 23.5 Å². The Kier molecular flexibility index (Phi) is 4.81. The zero-order valence-corrected chi connectivity index (χ0v) is 17.4. The van der Waals surface area contributed by atoms with Gasteiger partial charge in [0.1, 0.15) is 10.6 Å².